The molecular weight excluding hydrogens is 316 g/mol. The van der Waals surface area contributed by atoms with Gasteiger partial charge in [-0.05, 0) is 56.4 Å². The Hall–Kier alpha value is -2.01. The first-order chi connectivity index (χ1) is 11.1. The van der Waals surface area contributed by atoms with E-state index in [1.165, 1.54) is 18.4 Å². The first-order valence-electron chi connectivity index (χ1n) is 7.77. The lowest BCUT2D eigenvalue weighted by Crippen LogP contribution is -2.42. The van der Waals surface area contributed by atoms with Crippen LogP contribution in [0.1, 0.15) is 32.1 Å². The molecule has 0 unspecified atom stereocenters. The van der Waals surface area contributed by atoms with Gasteiger partial charge in [0.05, 0.1) is 0 Å². The average Bonchev–Trinajstić information content (AvgIpc) is 2.55. The maximum Gasteiger partial charge on any atom is 0.321 e. The summed E-state index contributed by atoms with van der Waals surface area (Å²) in [4.78, 5) is 23.2. The van der Waals surface area contributed by atoms with Crippen LogP contribution in [0.3, 0.4) is 0 Å². The highest BCUT2D eigenvalue weighted by atomic mass is 35.5. The zero-order valence-corrected chi connectivity index (χ0v) is 13.7. The van der Waals surface area contributed by atoms with Gasteiger partial charge in [-0.15, -0.1) is 0 Å². The molecule has 1 aromatic carbocycles. The van der Waals surface area contributed by atoms with Crippen LogP contribution in [0.25, 0.3) is 0 Å². The maximum absolute atomic E-state index is 11.6. The van der Waals surface area contributed by atoms with Crippen molar-refractivity contribution < 1.29 is 14.3 Å². The van der Waals surface area contributed by atoms with Crippen molar-refractivity contribution in [1.82, 2.24) is 10.6 Å². The summed E-state index contributed by atoms with van der Waals surface area (Å²) in [6.45, 7) is 0.309. The molecule has 1 aliphatic carbocycles. The Morgan fingerprint density at radius 1 is 1.17 bits per heavy atom. The number of ether oxygens (including phenoxy) is 1. The van der Waals surface area contributed by atoms with Crippen molar-refractivity contribution >= 4 is 23.5 Å². The Labute approximate surface area is 141 Å². The zero-order valence-electron chi connectivity index (χ0n) is 12.9. The van der Waals surface area contributed by atoms with Crippen molar-refractivity contribution in [3.8, 4) is 5.75 Å². The van der Waals surface area contributed by atoms with Gasteiger partial charge < -0.3 is 10.1 Å². The number of hydrogen-bond acceptors (Lipinski definition) is 3. The van der Waals surface area contributed by atoms with E-state index in [4.69, 9.17) is 16.3 Å². The molecule has 2 rings (SSSR count). The minimum absolute atomic E-state index is 0.222. The van der Waals surface area contributed by atoms with Crippen LogP contribution in [0.5, 0.6) is 5.75 Å². The number of carbonyl (C=O) groups is 2. The van der Waals surface area contributed by atoms with Gasteiger partial charge in [0.25, 0.3) is 5.91 Å². The van der Waals surface area contributed by atoms with E-state index in [1.807, 2.05) is 0 Å². The quantitative estimate of drug-likeness (QED) is 0.782. The Morgan fingerprint density at radius 3 is 2.65 bits per heavy atom. The molecule has 23 heavy (non-hydrogen) atoms. The van der Waals surface area contributed by atoms with E-state index >= 15 is 0 Å². The fourth-order valence-corrected chi connectivity index (χ4v) is 2.48. The topological polar surface area (TPSA) is 67.4 Å². The molecule has 0 saturated heterocycles. The summed E-state index contributed by atoms with van der Waals surface area (Å²) in [5, 5.41) is 5.51. The van der Waals surface area contributed by atoms with Crippen LogP contribution >= 0.6 is 11.6 Å². The number of nitrogens with one attached hydrogen (secondary N) is 2. The van der Waals surface area contributed by atoms with E-state index in [0.717, 1.165) is 19.3 Å². The Morgan fingerprint density at radius 2 is 1.96 bits per heavy atom. The third kappa shape index (κ3) is 6.74. The fraction of sp³-hybridized carbons (Fsp3) is 0.412. The van der Waals surface area contributed by atoms with Crippen molar-refractivity contribution in [2.24, 2.45) is 0 Å². The summed E-state index contributed by atoms with van der Waals surface area (Å²) < 4.78 is 5.26. The van der Waals surface area contributed by atoms with Crippen molar-refractivity contribution in [3.05, 3.63) is 40.9 Å². The Balaban J connectivity index is 1.61. The molecule has 0 saturated carbocycles. The van der Waals surface area contributed by atoms with Crippen molar-refractivity contribution in [3.63, 3.8) is 0 Å². The third-order valence-electron chi connectivity index (χ3n) is 3.55. The molecule has 0 radical (unpaired) electrons. The number of carbonyl (C=O) groups excluding carboxylic acids is 2. The number of benzene rings is 1. The molecule has 0 fully saturated rings. The minimum atomic E-state index is -0.494. The lowest BCUT2D eigenvalue weighted by molar-refractivity contribution is -0.122. The first-order valence-corrected chi connectivity index (χ1v) is 8.15. The Kier molecular flexibility index (Phi) is 6.94. The summed E-state index contributed by atoms with van der Waals surface area (Å²) in [5.41, 5.74) is 1.38. The summed E-state index contributed by atoms with van der Waals surface area (Å²) in [7, 11) is 0. The largest absolute Gasteiger partial charge is 0.484 e. The summed E-state index contributed by atoms with van der Waals surface area (Å²) in [5.74, 6) is 0.0310. The number of amides is 3. The molecule has 2 N–H and O–H groups in total. The van der Waals surface area contributed by atoms with Gasteiger partial charge in [0, 0.05) is 11.6 Å². The van der Waals surface area contributed by atoms with E-state index in [1.54, 1.807) is 24.3 Å². The highest BCUT2D eigenvalue weighted by Gasteiger charge is 2.09. The summed E-state index contributed by atoms with van der Waals surface area (Å²) >= 11 is 5.76. The predicted octanol–water partition coefficient (Wildman–Crippen LogP) is 3.44. The molecule has 0 aromatic heterocycles. The molecule has 1 aromatic rings. The van der Waals surface area contributed by atoms with Gasteiger partial charge in [0.2, 0.25) is 0 Å². The third-order valence-corrected chi connectivity index (χ3v) is 3.81. The van der Waals surface area contributed by atoms with Gasteiger partial charge in [0.1, 0.15) is 5.75 Å². The van der Waals surface area contributed by atoms with Crippen LogP contribution in [0, 0.1) is 0 Å². The van der Waals surface area contributed by atoms with Crippen LogP contribution in [0.15, 0.2) is 35.9 Å². The number of rotatable bonds is 6. The van der Waals surface area contributed by atoms with Crippen LogP contribution in [0.4, 0.5) is 4.79 Å². The van der Waals surface area contributed by atoms with E-state index in [9.17, 15) is 9.59 Å². The SMILES string of the molecule is O=C(COc1ccc(Cl)cc1)NC(=O)NCCC1=CCCCC1. The standard InChI is InChI=1S/C17H21ClN2O3/c18-14-6-8-15(9-7-14)23-12-16(21)20-17(22)19-11-10-13-4-2-1-3-5-13/h4,6-9H,1-3,5,10-12H2,(H2,19,20,21,22). The molecule has 5 nitrogen and oxygen atoms in total. The molecule has 0 bridgehead atoms. The van der Waals surface area contributed by atoms with E-state index in [0.29, 0.717) is 17.3 Å². The normalized spacial score (nSPS) is 13.9. The summed E-state index contributed by atoms with van der Waals surface area (Å²) in [6, 6.07) is 6.16. The van der Waals surface area contributed by atoms with Crippen LogP contribution in [-0.2, 0) is 4.79 Å². The van der Waals surface area contributed by atoms with E-state index in [-0.39, 0.29) is 6.61 Å². The minimum Gasteiger partial charge on any atom is -0.484 e. The molecule has 0 spiro atoms. The molecule has 0 atom stereocenters. The second-order valence-electron chi connectivity index (χ2n) is 5.40. The second-order valence-corrected chi connectivity index (χ2v) is 5.84. The molecule has 3 amide bonds. The lowest BCUT2D eigenvalue weighted by atomic mass is 9.97. The lowest BCUT2D eigenvalue weighted by Gasteiger charge is -2.13. The zero-order chi connectivity index (χ0) is 16.5. The van der Waals surface area contributed by atoms with E-state index in [2.05, 4.69) is 16.7 Å². The van der Waals surface area contributed by atoms with Gasteiger partial charge in [0.15, 0.2) is 6.61 Å². The van der Waals surface area contributed by atoms with Gasteiger partial charge in [-0.2, -0.15) is 0 Å². The van der Waals surface area contributed by atoms with Crippen molar-refractivity contribution in [2.75, 3.05) is 13.2 Å². The highest BCUT2D eigenvalue weighted by molar-refractivity contribution is 6.30. The number of allylic oxidation sites excluding steroid dienone is 1. The van der Waals surface area contributed by atoms with Gasteiger partial charge >= 0.3 is 6.03 Å². The summed E-state index contributed by atoms with van der Waals surface area (Å²) in [6.07, 6.45) is 7.79. The maximum atomic E-state index is 11.6. The highest BCUT2D eigenvalue weighted by Crippen LogP contribution is 2.19. The molecule has 0 aliphatic heterocycles. The fourth-order valence-electron chi connectivity index (χ4n) is 2.35. The van der Waals surface area contributed by atoms with Gasteiger partial charge in [-0.25, -0.2) is 4.79 Å². The predicted molar refractivity (Wildman–Crippen MR) is 89.7 cm³/mol. The smallest absolute Gasteiger partial charge is 0.321 e. The van der Waals surface area contributed by atoms with Gasteiger partial charge in [-0.3, -0.25) is 10.1 Å². The molecule has 6 heteroatoms. The van der Waals surface area contributed by atoms with Crippen LogP contribution < -0.4 is 15.4 Å². The Bertz CT molecular complexity index is 570. The van der Waals surface area contributed by atoms with Crippen molar-refractivity contribution in [2.45, 2.75) is 32.1 Å². The molecule has 124 valence electrons. The van der Waals surface area contributed by atoms with E-state index < -0.39 is 11.9 Å². The number of hydrogen-bond donors (Lipinski definition) is 2. The second kappa shape index (κ2) is 9.20. The molecular formula is C17H21ClN2O3. The van der Waals surface area contributed by atoms with Crippen molar-refractivity contribution in [1.29, 1.82) is 0 Å². The average molecular weight is 337 g/mol. The number of urea groups is 1. The molecule has 1 aliphatic rings. The van der Waals surface area contributed by atoms with Gasteiger partial charge in [-0.1, -0.05) is 23.3 Å². The monoisotopic (exact) mass is 336 g/mol. The first kappa shape index (κ1) is 17.3. The van der Waals surface area contributed by atoms with Crippen LogP contribution in [-0.4, -0.2) is 25.1 Å². The number of halogens is 1. The molecule has 0 heterocycles. The van der Waals surface area contributed by atoms with Crippen LogP contribution in [0.2, 0.25) is 5.02 Å². The number of imide groups is 1.